The first-order chi connectivity index (χ1) is 16.4. The van der Waals surface area contributed by atoms with E-state index in [1.165, 1.54) is 14.6 Å². The fourth-order valence-corrected chi connectivity index (χ4v) is 7.49. The molecule has 0 spiro atoms. The maximum Gasteiger partial charge on any atom is 0.243 e. The fourth-order valence-electron chi connectivity index (χ4n) is 4.76. The molecule has 0 bridgehead atoms. The number of benzene rings is 2. The zero-order valence-electron chi connectivity index (χ0n) is 19.6. The van der Waals surface area contributed by atoms with Crippen molar-refractivity contribution < 1.29 is 13.2 Å². The molecule has 1 aromatic heterocycles. The number of hydrogen-bond donors (Lipinski definition) is 0. The summed E-state index contributed by atoms with van der Waals surface area (Å²) < 4.78 is 29.1. The first-order valence-corrected chi connectivity index (χ1v) is 14.1. The number of aromatic nitrogens is 1. The molecule has 0 radical (unpaired) electrons. The van der Waals surface area contributed by atoms with Crippen molar-refractivity contribution in [2.24, 2.45) is 0 Å². The average molecular weight is 499 g/mol. The summed E-state index contributed by atoms with van der Waals surface area (Å²) in [7, 11) is -3.70. The summed E-state index contributed by atoms with van der Waals surface area (Å²) in [4.78, 5) is 22.5. The van der Waals surface area contributed by atoms with Crippen LogP contribution in [-0.4, -0.2) is 67.3 Å². The van der Waals surface area contributed by atoms with Crippen molar-refractivity contribution in [1.29, 1.82) is 0 Å². The number of aryl methyl sites for hydroxylation is 2. The number of nitrogens with zero attached hydrogens (tertiary/aromatic N) is 4. The van der Waals surface area contributed by atoms with E-state index in [2.05, 4.69) is 30.0 Å². The van der Waals surface area contributed by atoms with Crippen LogP contribution >= 0.6 is 11.3 Å². The second-order valence-corrected chi connectivity index (χ2v) is 12.0. The Balaban J connectivity index is 1.26. The van der Waals surface area contributed by atoms with Crippen molar-refractivity contribution in [3.63, 3.8) is 0 Å². The van der Waals surface area contributed by atoms with Gasteiger partial charge in [0.2, 0.25) is 15.9 Å². The van der Waals surface area contributed by atoms with Crippen molar-refractivity contribution in [2.75, 3.05) is 37.6 Å². The van der Waals surface area contributed by atoms with Gasteiger partial charge in [-0.25, -0.2) is 13.4 Å². The number of anilines is 1. The van der Waals surface area contributed by atoms with Crippen LogP contribution in [0.3, 0.4) is 0 Å². The molecular weight excluding hydrogens is 468 g/mol. The molecule has 7 nitrogen and oxygen atoms in total. The number of thiazole rings is 1. The third-order valence-electron chi connectivity index (χ3n) is 6.83. The number of amides is 1. The summed E-state index contributed by atoms with van der Waals surface area (Å²) in [6.07, 6.45) is 2.27. The van der Waals surface area contributed by atoms with Crippen molar-refractivity contribution >= 4 is 42.6 Å². The molecule has 2 aliphatic rings. The highest BCUT2D eigenvalue weighted by atomic mass is 32.2. The maximum absolute atomic E-state index is 13.4. The van der Waals surface area contributed by atoms with Gasteiger partial charge in [0.1, 0.15) is 6.04 Å². The van der Waals surface area contributed by atoms with Crippen LogP contribution in [0.4, 0.5) is 5.13 Å². The van der Waals surface area contributed by atoms with E-state index in [4.69, 9.17) is 4.98 Å². The lowest BCUT2D eigenvalue weighted by molar-refractivity contribution is -0.134. The van der Waals surface area contributed by atoms with Gasteiger partial charge in [0, 0.05) is 32.7 Å². The Hall–Kier alpha value is -2.49. The van der Waals surface area contributed by atoms with Gasteiger partial charge in [-0.2, -0.15) is 4.31 Å². The second kappa shape index (κ2) is 9.28. The predicted molar refractivity (Wildman–Crippen MR) is 136 cm³/mol. The highest BCUT2D eigenvalue weighted by Gasteiger charge is 2.41. The van der Waals surface area contributed by atoms with E-state index in [9.17, 15) is 13.2 Å². The van der Waals surface area contributed by atoms with Gasteiger partial charge in [-0.05, 0) is 56.0 Å². The summed E-state index contributed by atoms with van der Waals surface area (Å²) >= 11 is 1.69. The van der Waals surface area contributed by atoms with Crippen molar-refractivity contribution in [3.8, 4) is 0 Å². The number of fused-ring (bicyclic) bond motifs is 1. The number of sulfonamides is 1. The molecule has 2 aliphatic heterocycles. The molecule has 5 rings (SSSR count). The molecule has 3 heterocycles. The van der Waals surface area contributed by atoms with Crippen molar-refractivity contribution in [3.05, 3.63) is 53.6 Å². The smallest absolute Gasteiger partial charge is 0.243 e. The van der Waals surface area contributed by atoms with Gasteiger partial charge in [-0.15, -0.1) is 0 Å². The van der Waals surface area contributed by atoms with E-state index in [1.807, 2.05) is 11.8 Å². The van der Waals surface area contributed by atoms with Gasteiger partial charge < -0.3 is 9.80 Å². The third kappa shape index (κ3) is 4.32. The Morgan fingerprint density at radius 2 is 1.79 bits per heavy atom. The third-order valence-corrected chi connectivity index (χ3v) is 9.83. The van der Waals surface area contributed by atoms with Gasteiger partial charge in [0.05, 0.1) is 15.1 Å². The van der Waals surface area contributed by atoms with Gasteiger partial charge in [0.15, 0.2) is 5.13 Å². The summed E-state index contributed by atoms with van der Waals surface area (Å²) in [6, 6.07) is 12.6. The van der Waals surface area contributed by atoms with Crippen LogP contribution in [0.15, 0.2) is 47.4 Å². The summed E-state index contributed by atoms with van der Waals surface area (Å²) in [6.45, 7) is 7.00. The number of rotatable bonds is 5. The predicted octanol–water partition coefficient (Wildman–Crippen LogP) is 3.67. The fraction of sp³-hybridized carbons (Fsp3) is 0.440. The first kappa shape index (κ1) is 23.3. The second-order valence-electron chi connectivity index (χ2n) is 9.05. The molecule has 1 amide bonds. The van der Waals surface area contributed by atoms with E-state index < -0.39 is 16.1 Å². The number of hydrogen-bond acceptors (Lipinski definition) is 6. The van der Waals surface area contributed by atoms with Crippen LogP contribution < -0.4 is 4.90 Å². The Kier molecular flexibility index (Phi) is 6.35. The first-order valence-electron chi connectivity index (χ1n) is 11.9. The lowest BCUT2D eigenvalue weighted by atomic mass is 10.2. The molecule has 180 valence electrons. The minimum Gasteiger partial charge on any atom is -0.345 e. The minimum atomic E-state index is -3.70. The monoisotopic (exact) mass is 498 g/mol. The van der Waals surface area contributed by atoms with E-state index in [0.717, 1.165) is 22.6 Å². The Morgan fingerprint density at radius 1 is 1.06 bits per heavy atom. The molecule has 0 N–H and O–H groups in total. The van der Waals surface area contributed by atoms with Gasteiger partial charge >= 0.3 is 0 Å². The number of carbonyl (C=O) groups is 1. The topological polar surface area (TPSA) is 73.8 Å². The zero-order chi connectivity index (χ0) is 23.9. The largest absolute Gasteiger partial charge is 0.345 e. The van der Waals surface area contributed by atoms with E-state index >= 15 is 0 Å². The lowest BCUT2D eigenvalue weighted by Crippen LogP contribution is -2.54. The Bertz CT molecular complexity index is 1300. The van der Waals surface area contributed by atoms with Gasteiger partial charge in [-0.1, -0.05) is 42.0 Å². The van der Waals surface area contributed by atoms with Crippen LogP contribution in [0.5, 0.6) is 0 Å². The van der Waals surface area contributed by atoms with Crippen LogP contribution in [0.25, 0.3) is 10.2 Å². The maximum atomic E-state index is 13.4. The molecule has 0 aliphatic carbocycles. The molecular formula is C25H30N4O3S2. The number of carbonyl (C=O) groups excluding carboxylic acids is 1. The SMILES string of the molecule is CCc1ccc2nc(N3CCN(C(=O)[C@H]4CCCN4S(=O)(=O)c4ccc(C)cc4)CC3)sc2c1. The van der Waals surface area contributed by atoms with Crippen LogP contribution in [0.1, 0.15) is 30.9 Å². The molecule has 2 fully saturated rings. The molecule has 2 aromatic carbocycles. The molecule has 0 unspecified atom stereocenters. The van der Waals surface area contributed by atoms with Crippen molar-refractivity contribution in [1.82, 2.24) is 14.2 Å². The molecule has 34 heavy (non-hydrogen) atoms. The van der Waals surface area contributed by atoms with E-state index in [0.29, 0.717) is 45.6 Å². The summed E-state index contributed by atoms with van der Waals surface area (Å²) in [5.41, 5.74) is 3.32. The normalized spacial score (nSPS) is 19.8. The standard InChI is InChI=1S/C25H30N4O3S2/c1-3-19-8-11-21-23(17-19)33-25(26-21)28-15-13-27(14-16-28)24(30)22-5-4-12-29(22)34(31,32)20-9-6-18(2)7-10-20/h6-11,17,22H,3-5,12-16H2,1-2H3/t22-/m1/s1. The highest BCUT2D eigenvalue weighted by Crippen LogP contribution is 2.31. The quantitative estimate of drug-likeness (QED) is 0.537. The van der Waals surface area contributed by atoms with E-state index in [-0.39, 0.29) is 10.8 Å². The average Bonchev–Trinajstić information content (AvgIpc) is 3.51. The lowest BCUT2D eigenvalue weighted by Gasteiger charge is -2.37. The Labute approximate surface area is 205 Å². The number of piperazine rings is 1. The summed E-state index contributed by atoms with van der Waals surface area (Å²) in [5, 5.41) is 0.986. The molecule has 2 saturated heterocycles. The minimum absolute atomic E-state index is 0.0790. The van der Waals surface area contributed by atoms with Crippen molar-refractivity contribution in [2.45, 2.75) is 44.0 Å². The summed E-state index contributed by atoms with van der Waals surface area (Å²) in [5.74, 6) is -0.0790. The van der Waals surface area contributed by atoms with E-state index in [1.54, 1.807) is 35.6 Å². The van der Waals surface area contributed by atoms with Crippen LogP contribution in [-0.2, 0) is 21.2 Å². The molecule has 1 atom stereocenters. The Morgan fingerprint density at radius 3 is 2.50 bits per heavy atom. The van der Waals surface area contributed by atoms with Gasteiger partial charge in [-0.3, -0.25) is 4.79 Å². The van der Waals surface area contributed by atoms with Crippen LogP contribution in [0.2, 0.25) is 0 Å². The molecule has 3 aromatic rings. The van der Waals surface area contributed by atoms with Gasteiger partial charge in [0.25, 0.3) is 0 Å². The molecule has 0 saturated carbocycles. The molecule has 9 heteroatoms. The highest BCUT2D eigenvalue weighted by molar-refractivity contribution is 7.89. The zero-order valence-corrected chi connectivity index (χ0v) is 21.2. The van der Waals surface area contributed by atoms with Crippen LogP contribution in [0, 0.1) is 6.92 Å².